The highest BCUT2D eigenvalue weighted by atomic mass is 19.4. The number of amides is 1. The van der Waals surface area contributed by atoms with Gasteiger partial charge in [0, 0.05) is 31.1 Å². The number of rotatable bonds is 4. The number of hydrogen-bond donors (Lipinski definition) is 0. The average Bonchev–Trinajstić information content (AvgIpc) is 3.34. The Kier molecular flexibility index (Phi) is 4.85. The molecule has 12 heteroatoms. The predicted octanol–water partition coefficient (Wildman–Crippen LogP) is 5.45. The topological polar surface area (TPSA) is 51.0 Å². The van der Waals surface area contributed by atoms with E-state index >= 15 is 8.78 Å². The summed E-state index contributed by atoms with van der Waals surface area (Å²) in [5.74, 6) is -8.73. The van der Waals surface area contributed by atoms with Crippen LogP contribution >= 0.6 is 0 Å². The van der Waals surface area contributed by atoms with E-state index in [0.717, 1.165) is 34.0 Å². The van der Waals surface area contributed by atoms with Crippen LogP contribution in [0.5, 0.6) is 0 Å². The van der Waals surface area contributed by atoms with Crippen LogP contribution in [0.4, 0.5) is 36.4 Å². The van der Waals surface area contributed by atoms with E-state index in [4.69, 9.17) is 0 Å². The number of carbonyl (C=O) groups is 1. The number of nitrogens with zero attached hydrogens (tertiary/aromatic N) is 4. The minimum Gasteiger partial charge on any atom is -0.316 e. The van der Waals surface area contributed by atoms with Crippen molar-refractivity contribution in [3.05, 3.63) is 76.9 Å². The highest BCUT2D eigenvalue weighted by Crippen LogP contribution is 2.63. The fraction of sp³-hybridized carbons (Fsp3) is 0.348. The van der Waals surface area contributed by atoms with Crippen molar-refractivity contribution in [1.82, 2.24) is 14.8 Å². The summed E-state index contributed by atoms with van der Waals surface area (Å²) in [4.78, 5) is 13.9. The summed E-state index contributed by atoms with van der Waals surface area (Å²) in [5, 5.41) is 6.86. The van der Waals surface area contributed by atoms with Crippen LogP contribution in [0, 0.1) is 0 Å². The van der Waals surface area contributed by atoms with Crippen molar-refractivity contribution in [2.45, 2.75) is 42.8 Å². The first-order valence-corrected chi connectivity index (χ1v) is 10.5. The molecule has 1 saturated carbocycles. The number of aryl methyl sites for hydroxylation is 1. The maximum Gasteiger partial charge on any atom is 0.416 e. The fourth-order valence-electron chi connectivity index (χ4n) is 5.00. The zero-order valence-corrected chi connectivity index (χ0v) is 18.1. The lowest BCUT2D eigenvalue weighted by Gasteiger charge is -2.51. The summed E-state index contributed by atoms with van der Waals surface area (Å²) in [6.07, 6.45) is -6.00. The first kappa shape index (κ1) is 23.3. The van der Waals surface area contributed by atoms with Gasteiger partial charge in [0.25, 0.3) is 5.91 Å². The molecule has 35 heavy (non-hydrogen) atoms. The molecule has 184 valence electrons. The zero-order chi connectivity index (χ0) is 25.4. The molecule has 0 spiro atoms. The Morgan fingerprint density at radius 2 is 1.69 bits per heavy atom. The van der Waals surface area contributed by atoms with Gasteiger partial charge in [0.15, 0.2) is 0 Å². The van der Waals surface area contributed by atoms with E-state index in [0.29, 0.717) is 0 Å². The number of carbonyl (C=O) groups excluding carboxylic acids is 1. The number of hydrogen-bond acceptors (Lipinski definition) is 3. The van der Waals surface area contributed by atoms with E-state index in [1.807, 2.05) is 0 Å². The largest absolute Gasteiger partial charge is 0.416 e. The van der Waals surface area contributed by atoms with E-state index < -0.39 is 60.1 Å². The first-order valence-electron chi connectivity index (χ1n) is 10.5. The normalized spacial score (nSPS) is 19.0. The molecule has 0 N–H and O–H groups in total. The summed E-state index contributed by atoms with van der Waals surface area (Å²) >= 11 is 0. The Morgan fingerprint density at radius 1 is 1.00 bits per heavy atom. The number of aromatic nitrogens is 3. The summed E-state index contributed by atoms with van der Waals surface area (Å²) in [5.41, 5.74) is -3.84. The molecule has 1 aliphatic carbocycles. The van der Waals surface area contributed by atoms with Crippen LogP contribution in [0.3, 0.4) is 0 Å². The molecule has 0 saturated heterocycles. The van der Waals surface area contributed by atoms with Crippen LogP contribution in [0.15, 0.2) is 48.8 Å². The van der Waals surface area contributed by atoms with Gasteiger partial charge in [-0.15, -0.1) is 10.2 Å². The van der Waals surface area contributed by atoms with Crippen LogP contribution in [-0.2, 0) is 31.1 Å². The maximum atomic E-state index is 15.7. The van der Waals surface area contributed by atoms with Gasteiger partial charge >= 0.3 is 12.1 Å². The van der Waals surface area contributed by atoms with Crippen molar-refractivity contribution in [3.8, 4) is 0 Å². The smallest absolute Gasteiger partial charge is 0.316 e. The van der Waals surface area contributed by atoms with Crippen molar-refractivity contribution in [1.29, 1.82) is 0 Å². The molecule has 0 atom stereocenters. The van der Waals surface area contributed by atoms with Gasteiger partial charge in [0.05, 0.1) is 17.5 Å². The van der Waals surface area contributed by atoms with Gasteiger partial charge in [-0.05, 0) is 35.4 Å². The molecule has 1 aromatic heterocycles. The summed E-state index contributed by atoms with van der Waals surface area (Å²) in [7, 11) is 1.27. The van der Waals surface area contributed by atoms with Gasteiger partial charge < -0.3 is 9.47 Å². The molecule has 1 fully saturated rings. The highest BCUT2D eigenvalue weighted by Gasteiger charge is 2.71. The molecular formula is C23H17F7N4O. The highest BCUT2D eigenvalue weighted by molar-refractivity contribution is 6.10. The second kappa shape index (κ2) is 7.28. The van der Waals surface area contributed by atoms with E-state index in [1.165, 1.54) is 31.3 Å². The standard InChI is InChI=1S/C23H17F7N4O/c1-33-12-31-32-19(33)22(26,27)20(10-21(24,25)11-20)13-4-2-5-14(8-13)34-9-16-15(18(34)35)6-3-7-17(16)23(28,29)30/h2-8,12H,9-11H2,1H3. The molecule has 0 bridgehead atoms. The van der Waals surface area contributed by atoms with Crippen molar-refractivity contribution >= 4 is 11.6 Å². The minimum atomic E-state index is -4.69. The predicted molar refractivity (Wildman–Crippen MR) is 109 cm³/mol. The molecule has 1 amide bonds. The lowest BCUT2D eigenvalue weighted by Crippen LogP contribution is -2.59. The van der Waals surface area contributed by atoms with E-state index in [1.54, 1.807) is 0 Å². The van der Waals surface area contributed by atoms with Gasteiger partial charge in [0.2, 0.25) is 11.7 Å². The summed E-state index contributed by atoms with van der Waals surface area (Å²) < 4.78 is 101. The molecule has 0 radical (unpaired) electrons. The third-order valence-corrected chi connectivity index (χ3v) is 6.70. The number of halogens is 7. The molecule has 2 heterocycles. The molecule has 2 aliphatic rings. The van der Waals surface area contributed by atoms with Gasteiger partial charge in [-0.3, -0.25) is 4.79 Å². The molecular weight excluding hydrogens is 481 g/mol. The Hall–Kier alpha value is -3.44. The van der Waals surface area contributed by atoms with Crippen LogP contribution < -0.4 is 4.90 Å². The van der Waals surface area contributed by atoms with Crippen molar-refractivity contribution in [2.75, 3.05) is 4.90 Å². The lowest BCUT2D eigenvalue weighted by atomic mass is 9.58. The molecule has 0 unspecified atom stereocenters. The Morgan fingerprint density at radius 3 is 2.29 bits per heavy atom. The number of fused-ring (bicyclic) bond motifs is 1. The van der Waals surface area contributed by atoms with Gasteiger partial charge in [0.1, 0.15) is 6.33 Å². The molecule has 5 nitrogen and oxygen atoms in total. The number of benzene rings is 2. The van der Waals surface area contributed by atoms with Crippen LogP contribution in [0.1, 0.15) is 45.7 Å². The number of anilines is 1. The molecule has 3 aromatic rings. The van der Waals surface area contributed by atoms with Crippen LogP contribution in [0.2, 0.25) is 0 Å². The van der Waals surface area contributed by atoms with Gasteiger partial charge in [-0.25, -0.2) is 8.78 Å². The maximum absolute atomic E-state index is 15.7. The SMILES string of the molecule is Cn1cnnc1C(F)(F)C1(c2cccc(N3Cc4c(cccc4C(F)(F)F)C3=O)c2)CC(F)(F)C1. The average molecular weight is 498 g/mol. The van der Waals surface area contributed by atoms with Crippen molar-refractivity contribution < 1.29 is 35.5 Å². The van der Waals surface area contributed by atoms with Crippen LogP contribution in [0.25, 0.3) is 0 Å². The van der Waals surface area contributed by atoms with Gasteiger partial charge in [-0.2, -0.15) is 22.0 Å². The third-order valence-electron chi connectivity index (χ3n) is 6.70. The van der Waals surface area contributed by atoms with Gasteiger partial charge in [-0.1, -0.05) is 18.2 Å². The third kappa shape index (κ3) is 3.41. The van der Waals surface area contributed by atoms with E-state index in [2.05, 4.69) is 10.2 Å². The van der Waals surface area contributed by atoms with E-state index in [9.17, 15) is 26.7 Å². The monoisotopic (exact) mass is 498 g/mol. The second-order valence-electron chi connectivity index (χ2n) is 8.90. The molecule has 1 aliphatic heterocycles. The summed E-state index contributed by atoms with van der Waals surface area (Å²) in [6, 6.07) is 8.33. The zero-order valence-electron chi connectivity index (χ0n) is 18.1. The Labute approximate surface area is 194 Å². The minimum absolute atomic E-state index is 0.0279. The van der Waals surface area contributed by atoms with Crippen molar-refractivity contribution in [3.63, 3.8) is 0 Å². The quantitative estimate of drug-likeness (QED) is 0.450. The first-order chi connectivity index (χ1) is 16.3. The van der Waals surface area contributed by atoms with E-state index in [-0.39, 0.29) is 22.4 Å². The summed E-state index contributed by atoms with van der Waals surface area (Å²) in [6.45, 7) is -0.434. The van der Waals surface area contributed by atoms with Crippen molar-refractivity contribution in [2.24, 2.45) is 7.05 Å². The lowest BCUT2D eigenvalue weighted by molar-refractivity contribution is -0.224. The molecule has 2 aromatic carbocycles. The Balaban J connectivity index is 1.57. The van der Waals surface area contributed by atoms with Crippen LogP contribution in [-0.4, -0.2) is 26.6 Å². The Bertz CT molecular complexity index is 1320. The molecule has 5 rings (SSSR count). The second-order valence-corrected chi connectivity index (χ2v) is 8.90. The number of alkyl halides is 7. The fourth-order valence-corrected chi connectivity index (χ4v) is 5.00.